The summed E-state index contributed by atoms with van der Waals surface area (Å²) in [5, 5.41) is 12.7. The van der Waals surface area contributed by atoms with Gasteiger partial charge in [0.25, 0.3) is 0 Å². The molecule has 1 fully saturated rings. The van der Waals surface area contributed by atoms with Gasteiger partial charge in [-0.3, -0.25) is 4.90 Å². The fourth-order valence-corrected chi connectivity index (χ4v) is 3.03. The number of fused-ring (bicyclic) bond motifs is 1. The van der Waals surface area contributed by atoms with E-state index in [1.807, 2.05) is 0 Å². The summed E-state index contributed by atoms with van der Waals surface area (Å²) in [4.78, 5) is 2.44. The minimum atomic E-state index is 0.263. The van der Waals surface area contributed by atoms with Gasteiger partial charge in [0.1, 0.15) is 0 Å². The Labute approximate surface area is 109 Å². The summed E-state index contributed by atoms with van der Waals surface area (Å²) in [7, 11) is 0. The number of aliphatic hydroxyl groups excluding tert-OH is 1. The zero-order valence-corrected chi connectivity index (χ0v) is 10.9. The summed E-state index contributed by atoms with van der Waals surface area (Å²) < 4.78 is 0. The first-order valence-electron chi connectivity index (χ1n) is 7.08. The van der Waals surface area contributed by atoms with Crippen molar-refractivity contribution < 1.29 is 5.11 Å². The highest BCUT2D eigenvalue weighted by atomic mass is 16.3. The number of nitrogens with one attached hydrogen (secondary N) is 1. The molecule has 3 nitrogen and oxygen atoms in total. The number of aliphatic hydroxyl groups is 1. The van der Waals surface area contributed by atoms with Crippen LogP contribution in [0.2, 0.25) is 0 Å². The lowest BCUT2D eigenvalue weighted by molar-refractivity contribution is 0.0947. The molecule has 3 heteroatoms. The van der Waals surface area contributed by atoms with Crippen molar-refractivity contribution in [1.82, 2.24) is 4.90 Å². The van der Waals surface area contributed by atoms with Crippen LogP contribution in [0.1, 0.15) is 30.4 Å². The van der Waals surface area contributed by atoms with Gasteiger partial charge in [0.15, 0.2) is 0 Å². The van der Waals surface area contributed by atoms with E-state index in [-0.39, 0.29) is 6.61 Å². The maximum atomic E-state index is 9.22. The van der Waals surface area contributed by atoms with E-state index >= 15 is 0 Å². The van der Waals surface area contributed by atoms with Crippen LogP contribution in [0.15, 0.2) is 18.2 Å². The van der Waals surface area contributed by atoms with Crippen LogP contribution in [0.3, 0.4) is 0 Å². The van der Waals surface area contributed by atoms with E-state index in [0.29, 0.717) is 6.04 Å². The van der Waals surface area contributed by atoms with Gasteiger partial charge < -0.3 is 10.4 Å². The second kappa shape index (κ2) is 5.29. The van der Waals surface area contributed by atoms with Gasteiger partial charge in [-0.1, -0.05) is 24.6 Å². The Hall–Kier alpha value is -1.06. The molecule has 0 bridgehead atoms. The molecule has 18 heavy (non-hydrogen) atoms. The molecule has 0 unspecified atom stereocenters. The molecule has 2 N–H and O–H groups in total. The Kier molecular flexibility index (Phi) is 3.52. The van der Waals surface area contributed by atoms with Crippen LogP contribution < -0.4 is 5.32 Å². The standard InChI is InChI=1S/C15H22N2O/c18-10-9-17(14-5-2-6-14)11-13-4-1-3-12-7-8-16-15(12)13/h1,3-4,14,16,18H,2,5-11H2. The van der Waals surface area contributed by atoms with Gasteiger partial charge >= 0.3 is 0 Å². The van der Waals surface area contributed by atoms with E-state index in [1.165, 1.54) is 36.1 Å². The molecule has 1 aromatic rings. The Bertz CT molecular complexity index is 415. The number of benzene rings is 1. The van der Waals surface area contributed by atoms with Crippen molar-refractivity contribution in [3.05, 3.63) is 29.3 Å². The molecule has 0 amide bonds. The van der Waals surface area contributed by atoms with E-state index in [0.717, 1.165) is 26.1 Å². The largest absolute Gasteiger partial charge is 0.395 e. The highest BCUT2D eigenvalue weighted by Crippen LogP contribution is 2.30. The van der Waals surface area contributed by atoms with Gasteiger partial charge in [-0.2, -0.15) is 0 Å². The van der Waals surface area contributed by atoms with E-state index < -0.39 is 0 Å². The molecular weight excluding hydrogens is 224 g/mol. The summed E-state index contributed by atoms with van der Waals surface area (Å²) in [6.07, 6.45) is 5.08. The first-order chi connectivity index (χ1) is 8.88. The van der Waals surface area contributed by atoms with Crippen molar-refractivity contribution in [1.29, 1.82) is 0 Å². The van der Waals surface area contributed by atoms with Crippen LogP contribution in [-0.4, -0.2) is 35.7 Å². The number of hydrogen-bond donors (Lipinski definition) is 2. The number of anilines is 1. The van der Waals surface area contributed by atoms with Crippen molar-refractivity contribution in [2.45, 2.75) is 38.3 Å². The zero-order valence-electron chi connectivity index (χ0n) is 10.9. The van der Waals surface area contributed by atoms with Crippen molar-refractivity contribution in [3.8, 4) is 0 Å². The van der Waals surface area contributed by atoms with E-state index in [9.17, 15) is 5.11 Å². The van der Waals surface area contributed by atoms with Gasteiger partial charge in [-0.05, 0) is 30.4 Å². The first-order valence-corrected chi connectivity index (χ1v) is 7.08. The molecule has 1 aromatic carbocycles. The number of hydrogen-bond acceptors (Lipinski definition) is 3. The highest BCUT2D eigenvalue weighted by molar-refractivity contribution is 5.61. The summed E-state index contributed by atoms with van der Waals surface area (Å²) in [5.41, 5.74) is 4.19. The maximum Gasteiger partial charge on any atom is 0.0558 e. The Morgan fingerprint density at radius 2 is 2.22 bits per heavy atom. The highest BCUT2D eigenvalue weighted by Gasteiger charge is 2.25. The Morgan fingerprint density at radius 1 is 1.33 bits per heavy atom. The molecule has 0 spiro atoms. The van der Waals surface area contributed by atoms with Gasteiger partial charge in [0.2, 0.25) is 0 Å². The predicted octanol–water partition coefficient (Wildman–Crippen LogP) is 2.00. The average Bonchev–Trinajstić information content (AvgIpc) is 2.76. The van der Waals surface area contributed by atoms with Crippen LogP contribution in [0.5, 0.6) is 0 Å². The Morgan fingerprint density at radius 3 is 2.94 bits per heavy atom. The van der Waals surface area contributed by atoms with Crippen LogP contribution in [0, 0.1) is 0 Å². The number of nitrogens with zero attached hydrogens (tertiary/aromatic N) is 1. The molecule has 0 radical (unpaired) electrons. The molecule has 0 atom stereocenters. The fourth-order valence-electron chi connectivity index (χ4n) is 3.03. The summed E-state index contributed by atoms with van der Waals surface area (Å²) in [5.74, 6) is 0. The predicted molar refractivity (Wildman–Crippen MR) is 73.8 cm³/mol. The zero-order chi connectivity index (χ0) is 12.4. The number of rotatable bonds is 5. The van der Waals surface area contributed by atoms with Crippen molar-refractivity contribution in [2.24, 2.45) is 0 Å². The molecule has 1 heterocycles. The molecule has 1 saturated carbocycles. The van der Waals surface area contributed by atoms with Gasteiger partial charge in [-0.25, -0.2) is 0 Å². The third-order valence-corrected chi connectivity index (χ3v) is 4.28. The number of para-hydroxylation sites is 1. The third kappa shape index (κ3) is 2.25. The van der Waals surface area contributed by atoms with Crippen molar-refractivity contribution in [2.75, 3.05) is 25.0 Å². The molecule has 98 valence electrons. The molecule has 3 rings (SSSR count). The summed E-state index contributed by atoms with van der Waals surface area (Å²) in [6, 6.07) is 7.30. The normalized spacial score (nSPS) is 18.6. The first kappa shape index (κ1) is 12.0. The topological polar surface area (TPSA) is 35.5 Å². The minimum Gasteiger partial charge on any atom is -0.395 e. The molecule has 2 aliphatic rings. The van der Waals surface area contributed by atoms with Crippen molar-refractivity contribution >= 4 is 5.69 Å². The van der Waals surface area contributed by atoms with E-state index in [2.05, 4.69) is 28.4 Å². The summed E-state index contributed by atoms with van der Waals surface area (Å²) >= 11 is 0. The molecule has 1 aliphatic carbocycles. The van der Waals surface area contributed by atoms with E-state index in [1.54, 1.807) is 0 Å². The second-order valence-electron chi connectivity index (χ2n) is 5.41. The second-order valence-corrected chi connectivity index (χ2v) is 5.41. The van der Waals surface area contributed by atoms with Gasteiger partial charge in [0.05, 0.1) is 6.61 Å². The average molecular weight is 246 g/mol. The van der Waals surface area contributed by atoms with Crippen LogP contribution >= 0.6 is 0 Å². The third-order valence-electron chi connectivity index (χ3n) is 4.28. The van der Waals surface area contributed by atoms with Crippen LogP contribution in [0.25, 0.3) is 0 Å². The fraction of sp³-hybridized carbons (Fsp3) is 0.600. The molecule has 1 aliphatic heterocycles. The molecule has 0 saturated heterocycles. The monoisotopic (exact) mass is 246 g/mol. The molecule has 0 aromatic heterocycles. The van der Waals surface area contributed by atoms with E-state index in [4.69, 9.17) is 0 Å². The summed E-state index contributed by atoms with van der Waals surface area (Å²) in [6.45, 7) is 3.10. The SMILES string of the molecule is OCCN(Cc1cccc2c1NCC2)C1CCC1. The van der Waals surface area contributed by atoms with Crippen LogP contribution in [0.4, 0.5) is 5.69 Å². The lowest BCUT2D eigenvalue weighted by atomic mass is 9.91. The van der Waals surface area contributed by atoms with Gasteiger partial charge in [0, 0.05) is 31.4 Å². The molecular formula is C15H22N2O. The quantitative estimate of drug-likeness (QED) is 0.834. The van der Waals surface area contributed by atoms with Crippen LogP contribution in [-0.2, 0) is 13.0 Å². The Balaban J connectivity index is 1.75. The lowest BCUT2D eigenvalue weighted by Gasteiger charge is -2.37. The smallest absolute Gasteiger partial charge is 0.0558 e. The lowest BCUT2D eigenvalue weighted by Crippen LogP contribution is -2.41. The van der Waals surface area contributed by atoms with Crippen molar-refractivity contribution in [3.63, 3.8) is 0 Å². The van der Waals surface area contributed by atoms with Gasteiger partial charge in [-0.15, -0.1) is 0 Å². The maximum absolute atomic E-state index is 9.22. The minimum absolute atomic E-state index is 0.263.